The average Bonchev–Trinajstić information content (AvgIpc) is 2.71. The molecule has 1 aliphatic heterocycles. The predicted molar refractivity (Wildman–Crippen MR) is 86.5 cm³/mol. The summed E-state index contributed by atoms with van der Waals surface area (Å²) in [5.74, 6) is 0. The summed E-state index contributed by atoms with van der Waals surface area (Å²) >= 11 is 0. The molecule has 0 radical (unpaired) electrons. The maximum absolute atomic E-state index is 12.6. The van der Waals surface area contributed by atoms with Gasteiger partial charge in [-0.05, 0) is 44.7 Å². The van der Waals surface area contributed by atoms with Crippen LogP contribution in [0.4, 0.5) is 4.79 Å². The van der Waals surface area contributed by atoms with Gasteiger partial charge in [0.05, 0.1) is 12.6 Å². The molecule has 2 rings (SSSR count). The molecule has 1 unspecified atom stereocenters. The largest absolute Gasteiger partial charge is 0.444 e. The molecule has 0 spiro atoms. The van der Waals surface area contributed by atoms with Gasteiger partial charge < -0.3 is 14.7 Å². The minimum absolute atomic E-state index is 0.00513. The number of carbonyl (C=O) groups excluding carboxylic acids is 1. The molecule has 4 heteroatoms. The SMILES string of the molecule is CC(C)(C)OC(=O)N1CCCCCC1c1ccccc1CO. The van der Waals surface area contributed by atoms with Crippen molar-refractivity contribution < 1.29 is 14.6 Å². The lowest BCUT2D eigenvalue weighted by atomic mass is 9.96. The van der Waals surface area contributed by atoms with Crippen molar-refractivity contribution in [1.82, 2.24) is 4.90 Å². The number of benzene rings is 1. The van der Waals surface area contributed by atoms with Gasteiger partial charge in [0.15, 0.2) is 0 Å². The molecular formula is C18H27NO3. The van der Waals surface area contributed by atoms with Crippen molar-refractivity contribution >= 4 is 6.09 Å². The van der Waals surface area contributed by atoms with Gasteiger partial charge in [-0.3, -0.25) is 0 Å². The second-order valence-electron chi connectivity index (χ2n) is 6.90. The molecule has 0 aliphatic carbocycles. The van der Waals surface area contributed by atoms with Crippen molar-refractivity contribution in [3.05, 3.63) is 35.4 Å². The molecule has 1 atom stereocenters. The summed E-state index contributed by atoms with van der Waals surface area (Å²) in [4.78, 5) is 14.4. The second-order valence-corrected chi connectivity index (χ2v) is 6.90. The van der Waals surface area contributed by atoms with Gasteiger partial charge in [0.2, 0.25) is 0 Å². The Morgan fingerprint density at radius 2 is 2.00 bits per heavy atom. The van der Waals surface area contributed by atoms with Crippen LogP contribution in [0.15, 0.2) is 24.3 Å². The number of hydrogen-bond donors (Lipinski definition) is 1. The topological polar surface area (TPSA) is 49.8 Å². The highest BCUT2D eigenvalue weighted by atomic mass is 16.6. The Bertz CT molecular complexity index is 507. The van der Waals surface area contributed by atoms with E-state index in [2.05, 4.69) is 0 Å². The van der Waals surface area contributed by atoms with Gasteiger partial charge in [0, 0.05) is 6.54 Å². The molecule has 1 N–H and O–H groups in total. The highest BCUT2D eigenvalue weighted by Gasteiger charge is 2.31. The van der Waals surface area contributed by atoms with E-state index in [9.17, 15) is 9.90 Å². The molecule has 1 saturated heterocycles. The maximum atomic E-state index is 12.6. The Kier molecular flexibility index (Phi) is 5.46. The summed E-state index contributed by atoms with van der Waals surface area (Å²) in [6, 6.07) is 7.81. The molecule has 1 fully saturated rings. The summed E-state index contributed by atoms with van der Waals surface area (Å²) < 4.78 is 5.58. The van der Waals surface area contributed by atoms with Gasteiger partial charge >= 0.3 is 6.09 Å². The summed E-state index contributed by atoms with van der Waals surface area (Å²) in [5.41, 5.74) is 1.44. The van der Waals surface area contributed by atoms with Crippen LogP contribution in [0.1, 0.15) is 63.6 Å². The number of nitrogens with zero attached hydrogens (tertiary/aromatic N) is 1. The molecule has 1 aromatic carbocycles. The fraction of sp³-hybridized carbons (Fsp3) is 0.611. The Hall–Kier alpha value is -1.55. The van der Waals surface area contributed by atoms with Crippen molar-refractivity contribution in [3.8, 4) is 0 Å². The number of likely N-dealkylation sites (tertiary alicyclic amines) is 1. The lowest BCUT2D eigenvalue weighted by Gasteiger charge is -2.33. The first-order valence-corrected chi connectivity index (χ1v) is 8.10. The standard InChI is InChI=1S/C18H27NO3/c1-18(2,3)22-17(21)19-12-8-4-5-11-16(19)15-10-7-6-9-14(15)13-20/h6-7,9-10,16,20H,4-5,8,11-13H2,1-3H3. The van der Waals surface area contributed by atoms with E-state index in [0.29, 0.717) is 6.54 Å². The summed E-state index contributed by atoms with van der Waals surface area (Å²) in [6.45, 7) is 6.37. The van der Waals surface area contributed by atoms with E-state index in [4.69, 9.17) is 4.74 Å². The van der Waals surface area contributed by atoms with Crippen LogP contribution < -0.4 is 0 Å². The number of rotatable bonds is 2. The fourth-order valence-corrected chi connectivity index (χ4v) is 2.97. The Morgan fingerprint density at radius 3 is 2.68 bits per heavy atom. The van der Waals surface area contributed by atoms with E-state index in [1.54, 1.807) is 0 Å². The van der Waals surface area contributed by atoms with Crippen LogP contribution in [0.2, 0.25) is 0 Å². The maximum Gasteiger partial charge on any atom is 0.410 e. The van der Waals surface area contributed by atoms with Crippen molar-refractivity contribution in [3.63, 3.8) is 0 Å². The Morgan fingerprint density at radius 1 is 1.27 bits per heavy atom. The molecule has 0 aromatic heterocycles. The molecule has 1 heterocycles. The van der Waals surface area contributed by atoms with Crippen LogP contribution in [-0.4, -0.2) is 28.2 Å². The summed E-state index contributed by atoms with van der Waals surface area (Å²) in [7, 11) is 0. The molecule has 0 bridgehead atoms. The third-order valence-corrected chi connectivity index (χ3v) is 3.97. The molecule has 1 aromatic rings. The van der Waals surface area contributed by atoms with Crippen molar-refractivity contribution in [2.75, 3.05) is 6.54 Å². The summed E-state index contributed by atoms with van der Waals surface area (Å²) in [6.07, 6.45) is 3.86. The molecular weight excluding hydrogens is 278 g/mol. The van der Waals surface area contributed by atoms with E-state index < -0.39 is 5.60 Å². The minimum Gasteiger partial charge on any atom is -0.444 e. The first kappa shape index (κ1) is 16.8. The highest BCUT2D eigenvalue weighted by molar-refractivity contribution is 5.69. The van der Waals surface area contributed by atoms with Crippen LogP contribution in [-0.2, 0) is 11.3 Å². The zero-order valence-corrected chi connectivity index (χ0v) is 13.8. The number of amides is 1. The molecule has 4 nitrogen and oxygen atoms in total. The monoisotopic (exact) mass is 305 g/mol. The van der Waals surface area contributed by atoms with Gasteiger partial charge in [-0.2, -0.15) is 0 Å². The van der Waals surface area contributed by atoms with Gasteiger partial charge in [-0.1, -0.05) is 37.1 Å². The fourth-order valence-electron chi connectivity index (χ4n) is 2.97. The number of aliphatic hydroxyl groups excluding tert-OH is 1. The molecule has 1 amide bonds. The van der Waals surface area contributed by atoms with Gasteiger partial charge in [0.25, 0.3) is 0 Å². The molecule has 1 aliphatic rings. The molecule has 0 saturated carbocycles. The highest BCUT2D eigenvalue weighted by Crippen LogP contribution is 2.33. The van der Waals surface area contributed by atoms with Crippen molar-refractivity contribution in [2.24, 2.45) is 0 Å². The van der Waals surface area contributed by atoms with Crippen molar-refractivity contribution in [2.45, 2.75) is 64.7 Å². The molecule has 122 valence electrons. The third-order valence-electron chi connectivity index (χ3n) is 3.97. The average molecular weight is 305 g/mol. The Balaban J connectivity index is 2.30. The van der Waals surface area contributed by atoms with Crippen LogP contribution >= 0.6 is 0 Å². The Labute approximate surface area is 133 Å². The number of carbonyl (C=O) groups is 1. The lowest BCUT2D eigenvalue weighted by molar-refractivity contribution is 0.0161. The van der Waals surface area contributed by atoms with Crippen LogP contribution in [0.25, 0.3) is 0 Å². The van der Waals surface area contributed by atoms with E-state index in [1.165, 1.54) is 0 Å². The lowest BCUT2D eigenvalue weighted by Crippen LogP contribution is -2.39. The number of hydrogen-bond acceptors (Lipinski definition) is 3. The molecule has 22 heavy (non-hydrogen) atoms. The van der Waals surface area contributed by atoms with Crippen LogP contribution in [0.3, 0.4) is 0 Å². The zero-order valence-electron chi connectivity index (χ0n) is 13.8. The zero-order chi connectivity index (χ0) is 16.2. The van der Waals surface area contributed by atoms with E-state index in [0.717, 1.165) is 36.8 Å². The second kappa shape index (κ2) is 7.14. The van der Waals surface area contributed by atoms with E-state index in [1.807, 2.05) is 49.9 Å². The minimum atomic E-state index is -0.496. The van der Waals surface area contributed by atoms with Gasteiger partial charge in [-0.15, -0.1) is 0 Å². The normalized spacial score (nSPS) is 19.6. The smallest absolute Gasteiger partial charge is 0.410 e. The third kappa shape index (κ3) is 4.23. The number of ether oxygens (including phenoxy) is 1. The van der Waals surface area contributed by atoms with Gasteiger partial charge in [-0.25, -0.2) is 4.79 Å². The summed E-state index contributed by atoms with van der Waals surface area (Å²) in [5, 5.41) is 9.60. The van der Waals surface area contributed by atoms with Crippen LogP contribution in [0, 0.1) is 0 Å². The quantitative estimate of drug-likeness (QED) is 0.897. The van der Waals surface area contributed by atoms with E-state index >= 15 is 0 Å². The van der Waals surface area contributed by atoms with Gasteiger partial charge in [0.1, 0.15) is 5.60 Å². The number of aliphatic hydroxyl groups is 1. The van der Waals surface area contributed by atoms with E-state index in [-0.39, 0.29) is 18.7 Å². The first-order valence-electron chi connectivity index (χ1n) is 8.10. The van der Waals surface area contributed by atoms with Crippen LogP contribution in [0.5, 0.6) is 0 Å². The first-order chi connectivity index (χ1) is 10.4. The van der Waals surface area contributed by atoms with Crippen molar-refractivity contribution in [1.29, 1.82) is 0 Å². The predicted octanol–water partition coefficient (Wildman–Crippen LogP) is 4.03.